The Balaban J connectivity index is 1.68. The van der Waals surface area contributed by atoms with Gasteiger partial charge in [0.2, 0.25) is 11.8 Å². The zero-order chi connectivity index (χ0) is 28.4. The molecular weight excluding hydrogens is 504 g/mol. The van der Waals surface area contributed by atoms with E-state index >= 15 is 0 Å². The van der Waals surface area contributed by atoms with E-state index in [-0.39, 0.29) is 17.8 Å². The van der Waals surface area contributed by atoms with Gasteiger partial charge in [0.05, 0.1) is 6.61 Å². The van der Waals surface area contributed by atoms with Gasteiger partial charge in [-0.15, -0.1) is 0 Å². The van der Waals surface area contributed by atoms with Crippen LogP contribution >= 0.6 is 0 Å². The van der Waals surface area contributed by atoms with Crippen LogP contribution in [-0.4, -0.2) is 64.9 Å². The number of carbonyl (C=O) groups excluding carboxylic acids is 4. The van der Waals surface area contributed by atoms with E-state index in [1.807, 2.05) is 30.3 Å². The number of aromatic amines is 1. The fraction of sp³-hybridized carbons (Fsp3) is 0.269. The number of benzene rings is 2. The SMILES string of the molecule is NCCCC[C@H](NC(=O)c1ccc(C(=O)N=C(N)N)[nH]1)C(=O)N[C@@H](CO)C(=O)Nc1ccc2ccccc2c1. The highest BCUT2D eigenvalue weighted by atomic mass is 16.3. The number of H-pyrrole nitrogens is 1. The molecule has 0 fully saturated rings. The molecule has 0 saturated heterocycles. The summed E-state index contributed by atoms with van der Waals surface area (Å²) in [5, 5.41) is 19.5. The number of aliphatic hydroxyl groups is 1. The van der Waals surface area contributed by atoms with Crippen molar-refractivity contribution < 1.29 is 24.3 Å². The van der Waals surface area contributed by atoms with Crippen LogP contribution in [0.15, 0.2) is 59.6 Å². The first kappa shape index (κ1) is 28.8. The Hall–Kier alpha value is -4.75. The van der Waals surface area contributed by atoms with E-state index in [2.05, 4.69) is 25.9 Å². The number of anilines is 1. The molecular formula is C26H32N8O5. The van der Waals surface area contributed by atoms with Gasteiger partial charge in [-0.05, 0) is 60.8 Å². The van der Waals surface area contributed by atoms with Crippen LogP contribution in [-0.2, 0) is 9.59 Å². The standard InChI is InChI=1S/C26H32N8O5/c27-12-4-3-7-18(32-23(37)19-10-11-20(31-19)24(38)34-26(28)29)22(36)33-21(14-35)25(39)30-17-9-8-15-5-1-2-6-16(15)13-17/h1-2,5-6,8-11,13,18,21,31,35H,3-4,7,12,14,27H2,(H,30,39)(H,32,37)(H,33,36)(H4,28,29,34,38)/t18-,21-/m0/s1. The fourth-order valence-electron chi connectivity index (χ4n) is 3.79. The average Bonchev–Trinajstić information content (AvgIpc) is 3.41. The molecule has 3 rings (SSSR count). The molecule has 2 aromatic carbocycles. The highest BCUT2D eigenvalue weighted by Crippen LogP contribution is 2.19. The fourth-order valence-corrected chi connectivity index (χ4v) is 3.79. The third kappa shape index (κ3) is 8.12. The Labute approximate surface area is 224 Å². The number of aliphatic hydroxyl groups excluding tert-OH is 1. The van der Waals surface area contributed by atoms with Crippen molar-refractivity contribution in [2.75, 3.05) is 18.5 Å². The molecule has 11 N–H and O–H groups in total. The number of unbranched alkanes of at least 4 members (excludes halogenated alkanes) is 1. The number of fused-ring (bicyclic) bond motifs is 1. The first-order valence-corrected chi connectivity index (χ1v) is 12.3. The summed E-state index contributed by atoms with van der Waals surface area (Å²) in [5.74, 6) is -3.17. The van der Waals surface area contributed by atoms with Crippen molar-refractivity contribution in [3.05, 3.63) is 66.0 Å². The molecule has 3 aromatic rings. The molecule has 0 aliphatic carbocycles. The first-order valence-electron chi connectivity index (χ1n) is 12.3. The van der Waals surface area contributed by atoms with Gasteiger partial charge in [0.1, 0.15) is 23.5 Å². The molecule has 39 heavy (non-hydrogen) atoms. The predicted molar refractivity (Wildman–Crippen MR) is 147 cm³/mol. The maximum Gasteiger partial charge on any atom is 0.296 e. The Morgan fingerprint density at radius 1 is 0.872 bits per heavy atom. The summed E-state index contributed by atoms with van der Waals surface area (Å²) in [6, 6.07) is 13.3. The maximum absolute atomic E-state index is 13.1. The van der Waals surface area contributed by atoms with E-state index in [4.69, 9.17) is 17.2 Å². The molecule has 0 spiro atoms. The van der Waals surface area contributed by atoms with Crippen LogP contribution in [0.25, 0.3) is 10.8 Å². The zero-order valence-electron chi connectivity index (χ0n) is 21.1. The van der Waals surface area contributed by atoms with Gasteiger partial charge in [-0.25, -0.2) is 0 Å². The number of amides is 4. The Bertz CT molecular complexity index is 1370. The molecule has 1 heterocycles. The van der Waals surface area contributed by atoms with Crippen molar-refractivity contribution in [1.82, 2.24) is 15.6 Å². The Morgan fingerprint density at radius 2 is 1.59 bits per heavy atom. The number of aliphatic imine (C=N–C) groups is 1. The summed E-state index contributed by atoms with van der Waals surface area (Å²) in [4.78, 5) is 56.7. The molecule has 4 amide bonds. The van der Waals surface area contributed by atoms with E-state index in [1.54, 1.807) is 12.1 Å². The van der Waals surface area contributed by atoms with Gasteiger partial charge in [0.25, 0.3) is 11.8 Å². The number of hydrogen-bond acceptors (Lipinski definition) is 6. The van der Waals surface area contributed by atoms with Gasteiger partial charge in [0, 0.05) is 5.69 Å². The molecule has 0 bridgehead atoms. The minimum absolute atomic E-state index is 0.00600. The molecule has 13 heteroatoms. The lowest BCUT2D eigenvalue weighted by atomic mass is 10.1. The molecule has 0 aliphatic heterocycles. The summed E-state index contributed by atoms with van der Waals surface area (Å²) in [6.07, 6.45) is 1.34. The number of nitrogens with two attached hydrogens (primary N) is 3. The van der Waals surface area contributed by atoms with E-state index in [1.165, 1.54) is 12.1 Å². The van der Waals surface area contributed by atoms with E-state index < -0.39 is 48.3 Å². The highest BCUT2D eigenvalue weighted by molar-refractivity contribution is 6.03. The van der Waals surface area contributed by atoms with E-state index in [0.29, 0.717) is 25.1 Å². The topological polar surface area (TPSA) is 231 Å². The third-order valence-corrected chi connectivity index (χ3v) is 5.79. The van der Waals surface area contributed by atoms with Crippen molar-refractivity contribution >= 4 is 46.0 Å². The molecule has 0 radical (unpaired) electrons. The molecule has 0 saturated carbocycles. The maximum atomic E-state index is 13.1. The lowest BCUT2D eigenvalue weighted by Gasteiger charge is -2.22. The van der Waals surface area contributed by atoms with Crippen molar-refractivity contribution in [1.29, 1.82) is 0 Å². The lowest BCUT2D eigenvalue weighted by Crippen LogP contribution is -2.53. The second-order valence-corrected chi connectivity index (χ2v) is 8.73. The summed E-state index contributed by atoms with van der Waals surface area (Å²) in [7, 11) is 0. The second-order valence-electron chi connectivity index (χ2n) is 8.73. The number of guanidine groups is 1. The van der Waals surface area contributed by atoms with Crippen LogP contribution in [0.5, 0.6) is 0 Å². The van der Waals surface area contributed by atoms with Gasteiger partial charge in [-0.1, -0.05) is 30.3 Å². The smallest absolute Gasteiger partial charge is 0.296 e. The van der Waals surface area contributed by atoms with Gasteiger partial charge in [0.15, 0.2) is 5.96 Å². The third-order valence-electron chi connectivity index (χ3n) is 5.79. The molecule has 0 aliphatic rings. The van der Waals surface area contributed by atoms with Crippen molar-refractivity contribution in [2.24, 2.45) is 22.2 Å². The van der Waals surface area contributed by atoms with Crippen molar-refractivity contribution in [3.63, 3.8) is 0 Å². The second kappa shape index (κ2) is 13.7. The summed E-state index contributed by atoms with van der Waals surface area (Å²) in [5.41, 5.74) is 16.4. The normalized spacial score (nSPS) is 12.3. The zero-order valence-corrected chi connectivity index (χ0v) is 21.1. The van der Waals surface area contributed by atoms with Gasteiger partial charge in [-0.2, -0.15) is 4.99 Å². The largest absolute Gasteiger partial charge is 0.394 e. The van der Waals surface area contributed by atoms with Crippen molar-refractivity contribution in [2.45, 2.75) is 31.3 Å². The van der Waals surface area contributed by atoms with Crippen LogP contribution in [0.4, 0.5) is 5.69 Å². The number of hydrogen-bond donors (Lipinski definition) is 8. The van der Waals surface area contributed by atoms with Crippen LogP contribution in [0, 0.1) is 0 Å². The Morgan fingerprint density at radius 3 is 2.28 bits per heavy atom. The number of aromatic nitrogens is 1. The van der Waals surface area contributed by atoms with Crippen LogP contribution in [0.3, 0.4) is 0 Å². The summed E-state index contributed by atoms with van der Waals surface area (Å²) < 4.78 is 0. The number of carbonyl (C=O) groups is 4. The van der Waals surface area contributed by atoms with Gasteiger partial charge >= 0.3 is 0 Å². The van der Waals surface area contributed by atoms with Gasteiger partial charge in [-0.3, -0.25) is 19.2 Å². The highest BCUT2D eigenvalue weighted by Gasteiger charge is 2.27. The molecule has 0 unspecified atom stereocenters. The molecule has 206 valence electrons. The Kier molecular flexibility index (Phi) is 10.1. The summed E-state index contributed by atoms with van der Waals surface area (Å²) in [6.45, 7) is -0.274. The number of nitrogens with zero attached hydrogens (tertiary/aromatic N) is 1. The lowest BCUT2D eigenvalue weighted by molar-refractivity contribution is -0.128. The van der Waals surface area contributed by atoms with Crippen LogP contribution in [0.2, 0.25) is 0 Å². The van der Waals surface area contributed by atoms with Crippen LogP contribution in [0.1, 0.15) is 40.2 Å². The van der Waals surface area contributed by atoms with Gasteiger partial charge < -0.3 is 43.2 Å². The minimum Gasteiger partial charge on any atom is -0.394 e. The first-order chi connectivity index (χ1) is 18.7. The predicted octanol–water partition coefficient (Wildman–Crippen LogP) is -0.0753. The monoisotopic (exact) mass is 536 g/mol. The van der Waals surface area contributed by atoms with E-state index in [9.17, 15) is 24.3 Å². The molecule has 2 atom stereocenters. The molecule has 13 nitrogen and oxygen atoms in total. The number of rotatable bonds is 12. The van der Waals surface area contributed by atoms with Crippen LogP contribution < -0.4 is 33.2 Å². The van der Waals surface area contributed by atoms with E-state index in [0.717, 1.165) is 10.8 Å². The average molecular weight is 537 g/mol. The number of nitrogens with one attached hydrogen (secondary N) is 4. The quantitative estimate of drug-likeness (QED) is 0.0884. The minimum atomic E-state index is -1.27. The summed E-state index contributed by atoms with van der Waals surface area (Å²) >= 11 is 0. The molecule has 1 aromatic heterocycles. The van der Waals surface area contributed by atoms with Crippen molar-refractivity contribution in [3.8, 4) is 0 Å².